The minimum absolute atomic E-state index is 0.234. The van der Waals surface area contributed by atoms with Crippen LogP contribution >= 0.6 is 23.1 Å². The molecule has 4 rings (SSSR count). The van der Waals surface area contributed by atoms with Crippen molar-refractivity contribution in [2.45, 2.75) is 35.3 Å². The number of aromatic nitrogens is 1. The van der Waals surface area contributed by atoms with Crippen molar-refractivity contribution < 1.29 is 13.5 Å². The molecule has 2 aromatic heterocycles. The van der Waals surface area contributed by atoms with Crippen molar-refractivity contribution in [1.82, 2.24) is 4.98 Å². The van der Waals surface area contributed by atoms with Crippen molar-refractivity contribution in [3.63, 3.8) is 0 Å². The summed E-state index contributed by atoms with van der Waals surface area (Å²) in [5.41, 5.74) is 1.51. The van der Waals surface area contributed by atoms with Gasteiger partial charge in [-0.1, -0.05) is 30.0 Å². The number of thioether (sulfide) groups is 1. The van der Waals surface area contributed by atoms with E-state index in [9.17, 15) is 13.5 Å². The molecule has 1 aliphatic heterocycles. The van der Waals surface area contributed by atoms with E-state index >= 15 is 0 Å². The summed E-state index contributed by atoms with van der Waals surface area (Å²) in [6, 6.07) is 11.0. The number of sulfonamides is 1. The summed E-state index contributed by atoms with van der Waals surface area (Å²) in [5, 5.41) is 13.9. The number of nitrogens with one attached hydrogen (secondary N) is 1. The third-order valence-electron chi connectivity index (χ3n) is 4.76. The fraction of sp³-hybridized carbons (Fsp3) is 0.350. The lowest BCUT2D eigenvalue weighted by Gasteiger charge is -2.20. The third kappa shape index (κ3) is 4.09. The average Bonchev–Trinajstić information content (AvgIpc) is 3.38. The second-order valence-corrected chi connectivity index (χ2v) is 12.2. The van der Waals surface area contributed by atoms with Gasteiger partial charge in [0.15, 0.2) is 0 Å². The zero-order valence-corrected chi connectivity index (χ0v) is 18.9. The van der Waals surface area contributed by atoms with Gasteiger partial charge < -0.3 is 10.1 Å². The van der Waals surface area contributed by atoms with Gasteiger partial charge in [-0.2, -0.15) is 0 Å². The lowest BCUT2D eigenvalue weighted by Crippen LogP contribution is -2.26. The number of aromatic amines is 1. The molecule has 0 bridgehead atoms. The first-order valence-corrected chi connectivity index (χ1v) is 12.4. The zero-order chi connectivity index (χ0) is 20.8. The molecule has 0 fully saturated rings. The number of fused-ring (bicyclic) bond motifs is 1. The molecule has 0 saturated carbocycles. The molecule has 29 heavy (non-hydrogen) atoms. The van der Waals surface area contributed by atoms with Gasteiger partial charge in [-0.25, -0.2) is 8.42 Å². The SMILES string of the molecule is CN(c1cccc2cc(C3=NCC(CC(C)(C)O)S3)[nH]c12)S(=O)(=O)c1cccs1. The summed E-state index contributed by atoms with van der Waals surface area (Å²) < 4.78 is 27.5. The Morgan fingerprint density at radius 3 is 2.79 bits per heavy atom. The van der Waals surface area contributed by atoms with Gasteiger partial charge in [0.2, 0.25) is 0 Å². The minimum Gasteiger partial charge on any atom is -0.390 e. The third-order valence-corrected chi connectivity index (χ3v) is 9.12. The minimum atomic E-state index is -3.61. The Morgan fingerprint density at radius 1 is 1.31 bits per heavy atom. The summed E-state index contributed by atoms with van der Waals surface area (Å²) >= 11 is 2.86. The number of thiophene rings is 1. The van der Waals surface area contributed by atoms with Crippen LogP contribution in [-0.2, 0) is 10.0 Å². The standard InChI is InChI=1S/C20H23N3O3S3/c1-20(2,24)11-14-12-21-19(28-14)15-10-13-6-4-7-16(18(13)22-15)23(3)29(25,26)17-8-5-9-27-17/h4-10,14,22,24H,11-12H2,1-3H3. The highest BCUT2D eigenvalue weighted by Crippen LogP contribution is 2.35. The number of aliphatic imine (C=N–C) groups is 1. The second kappa shape index (κ2) is 7.46. The van der Waals surface area contributed by atoms with E-state index in [1.54, 1.807) is 42.4 Å². The molecule has 2 N–H and O–H groups in total. The number of aliphatic hydroxyl groups is 1. The monoisotopic (exact) mass is 449 g/mol. The molecule has 6 nitrogen and oxygen atoms in total. The van der Waals surface area contributed by atoms with Gasteiger partial charge in [0.1, 0.15) is 9.25 Å². The van der Waals surface area contributed by atoms with Crippen LogP contribution in [0.15, 0.2) is 51.0 Å². The van der Waals surface area contributed by atoms with Gasteiger partial charge in [-0.3, -0.25) is 9.30 Å². The van der Waals surface area contributed by atoms with Gasteiger partial charge in [0.05, 0.1) is 29.0 Å². The highest BCUT2D eigenvalue weighted by Gasteiger charge is 2.28. The molecule has 0 radical (unpaired) electrons. The molecule has 9 heteroatoms. The lowest BCUT2D eigenvalue weighted by atomic mass is 10.0. The van der Waals surface area contributed by atoms with Gasteiger partial charge >= 0.3 is 0 Å². The lowest BCUT2D eigenvalue weighted by molar-refractivity contribution is 0.0714. The van der Waals surface area contributed by atoms with Gasteiger partial charge in [-0.15, -0.1) is 11.3 Å². The van der Waals surface area contributed by atoms with Crippen LogP contribution in [-0.4, -0.2) is 48.0 Å². The first-order valence-electron chi connectivity index (χ1n) is 9.23. The topological polar surface area (TPSA) is 85.8 Å². The fourth-order valence-electron chi connectivity index (χ4n) is 3.42. The van der Waals surface area contributed by atoms with E-state index in [2.05, 4.69) is 9.98 Å². The van der Waals surface area contributed by atoms with Gasteiger partial charge in [0.25, 0.3) is 10.0 Å². The molecule has 0 spiro atoms. The van der Waals surface area contributed by atoms with Crippen LogP contribution in [0, 0.1) is 0 Å². The Hall–Kier alpha value is -1.81. The first kappa shape index (κ1) is 20.5. The molecule has 0 amide bonds. The quantitative estimate of drug-likeness (QED) is 0.594. The number of benzene rings is 1. The smallest absolute Gasteiger partial charge is 0.273 e. The van der Waals surface area contributed by atoms with Crippen LogP contribution in [0.4, 0.5) is 5.69 Å². The summed E-state index contributed by atoms with van der Waals surface area (Å²) in [6.45, 7) is 4.29. The molecule has 0 aliphatic carbocycles. The summed E-state index contributed by atoms with van der Waals surface area (Å²) in [7, 11) is -2.04. The van der Waals surface area contributed by atoms with E-state index in [1.165, 1.54) is 15.6 Å². The van der Waals surface area contributed by atoms with Crippen LogP contribution in [0.1, 0.15) is 26.0 Å². The van der Waals surface area contributed by atoms with E-state index in [1.807, 2.05) is 32.0 Å². The molecular weight excluding hydrogens is 426 g/mol. The maximum absolute atomic E-state index is 12.9. The predicted molar refractivity (Wildman–Crippen MR) is 122 cm³/mol. The van der Waals surface area contributed by atoms with Crippen LogP contribution in [0.5, 0.6) is 0 Å². The maximum Gasteiger partial charge on any atom is 0.273 e. The van der Waals surface area contributed by atoms with Crippen molar-refractivity contribution in [1.29, 1.82) is 0 Å². The van der Waals surface area contributed by atoms with Crippen molar-refractivity contribution in [2.24, 2.45) is 4.99 Å². The Balaban J connectivity index is 1.65. The van der Waals surface area contributed by atoms with Crippen LogP contribution < -0.4 is 4.31 Å². The van der Waals surface area contributed by atoms with E-state index in [-0.39, 0.29) is 5.25 Å². The number of para-hydroxylation sites is 1. The normalized spacial score (nSPS) is 17.7. The van der Waals surface area contributed by atoms with Gasteiger partial charge in [0, 0.05) is 17.7 Å². The Kier molecular flexibility index (Phi) is 5.27. The van der Waals surface area contributed by atoms with Crippen molar-refractivity contribution in [2.75, 3.05) is 17.9 Å². The van der Waals surface area contributed by atoms with E-state index in [4.69, 9.17) is 0 Å². The summed E-state index contributed by atoms with van der Waals surface area (Å²) in [4.78, 5) is 8.01. The van der Waals surface area contributed by atoms with Gasteiger partial charge in [-0.05, 0) is 43.8 Å². The van der Waals surface area contributed by atoms with Crippen LogP contribution in [0.25, 0.3) is 10.9 Å². The highest BCUT2D eigenvalue weighted by molar-refractivity contribution is 8.15. The fourth-order valence-corrected chi connectivity index (χ4v) is 7.13. The number of rotatable bonds is 6. The molecule has 0 saturated heterocycles. The largest absolute Gasteiger partial charge is 0.390 e. The summed E-state index contributed by atoms with van der Waals surface area (Å²) in [6.07, 6.45) is 0.665. The molecule has 1 aromatic carbocycles. The van der Waals surface area contributed by atoms with Crippen LogP contribution in [0.3, 0.4) is 0 Å². The number of nitrogens with zero attached hydrogens (tertiary/aromatic N) is 2. The molecule has 3 heterocycles. The first-order chi connectivity index (χ1) is 13.6. The Labute approximate surface area is 178 Å². The van der Waals surface area contributed by atoms with E-state index in [0.29, 0.717) is 22.9 Å². The zero-order valence-electron chi connectivity index (χ0n) is 16.4. The molecule has 3 aromatic rings. The molecule has 1 atom stereocenters. The second-order valence-electron chi connectivity index (χ2n) is 7.73. The van der Waals surface area contributed by atoms with Crippen LogP contribution in [0.2, 0.25) is 0 Å². The predicted octanol–water partition coefficient (Wildman–Crippen LogP) is 4.08. The summed E-state index contributed by atoms with van der Waals surface area (Å²) in [5.74, 6) is 0. The number of hydrogen-bond acceptors (Lipinski definition) is 6. The van der Waals surface area contributed by atoms with Crippen molar-refractivity contribution >= 4 is 54.8 Å². The van der Waals surface area contributed by atoms with E-state index < -0.39 is 15.6 Å². The van der Waals surface area contributed by atoms with E-state index in [0.717, 1.165) is 21.6 Å². The number of hydrogen-bond donors (Lipinski definition) is 2. The number of H-pyrrole nitrogens is 1. The Morgan fingerprint density at radius 2 is 2.10 bits per heavy atom. The number of anilines is 1. The molecule has 1 unspecified atom stereocenters. The van der Waals surface area contributed by atoms with Crippen molar-refractivity contribution in [3.05, 3.63) is 47.5 Å². The Bertz CT molecular complexity index is 1160. The van der Waals surface area contributed by atoms with Crippen molar-refractivity contribution in [3.8, 4) is 0 Å². The molecule has 1 aliphatic rings. The molecular formula is C20H23N3O3S3. The maximum atomic E-state index is 12.9. The average molecular weight is 450 g/mol. The highest BCUT2D eigenvalue weighted by atomic mass is 32.2. The molecule has 154 valence electrons.